The van der Waals surface area contributed by atoms with Gasteiger partial charge in [-0.3, -0.25) is 0 Å². The van der Waals surface area contributed by atoms with E-state index in [0.717, 1.165) is 24.3 Å². The van der Waals surface area contributed by atoms with Crippen LogP contribution in [0.2, 0.25) is 9.88 Å². The molecule has 0 saturated heterocycles. The van der Waals surface area contributed by atoms with Crippen molar-refractivity contribution >= 4 is 54.7 Å². The molecule has 0 aliphatic rings. The van der Waals surface area contributed by atoms with Gasteiger partial charge in [0, 0.05) is 0 Å². The number of carbonyl (C=O) groups is 2. The van der Waals surface area contributed by atoms with E-state index in [1.54, 1.807) is 23.5 Å². The zero-order chi connectivity index (χ0) is 33.1. The number of rotatable bonds is 34. The molecule has 4 nitrogen and oxygen atoms in total. The summed E-state index contributed by atoms with van der Waals surface area (Å²) in [7, 11) is 0. The van der Waals surface area contributed by atoms with Crippen molar-refractivity contribution in [3.8, 4) is 0 Å². The summed E-state index contributed by atoms with van der Waals surface area (Å²) in [6, 6.07) is 0. The molecule has 0 atom stereocenters. The van der Waals surface area contributed by atoms with Gasteiger partial charge in [0.05, 0.1) is 0 Å². The average molecular weight is 776 g/mol. The molecule has 0 aromatic heterocycles. The van der Waals surface area contributed by atoms with Crippen LogP contribution in [0.5, 0.6) is 0 Å². The Morgan fingerprint density at radius 3 is 1.09 bits per heavy atom. The molecule has 0 radical (unpaired) electrons. The van der Waals surface area contributed by atoms with Gasteiger partial charge in [0.15, 0.2) is 0 Å². The fraction of sp³-hybridized carbons (Fsp3) is 0.842. The van der Waals surface area contributed by atoms with E-state index in [1.807, 2.05) is 9.88 Å². The summed E-state index contributed by atoms with van der Waals surface area (Å²) in [5, 5.41) is 0. The van der Waals surface area contributed by atoms with Gasteiger partial charge in [-0.25, -0.2) is 0 Å². The third kappa shape index (κ3) is 36.6. The van der Waals surface area contributed by atoms with Gasteiger partial charge in [-0.15, -0.1) is 0 Å². The van der Waals surface area contributed by atoms with Gasteiger partial charge in [-0.05, 0) is 25.7 Å². The van der Waals surface area contributed by atoms with Crippen LogP contribution in [-0.2, 0) is 15.7 Å². The van der Waals surface area contributed by atoms with E-state index < -0.39 is 19.2 Å². The second-order valence-electron chi connectivity index (χ2n) is 12.9. The number of unbranched alkanes of at least 4 members (excludes halogenated alkanes) is 20. The van der Waals surface area contributed by atoms with Crippen molar-refractivity contribution < 1.29 is 15.7 Å². The Labute approximate surface area is 293 Å². The molecule has 0 rings (SSSR count). The molecule has 0 aromatic rings. The van der Waals surface area contributed by atoms with Crippen molar-refractivity contribution in [1.29, 1.82) is 0 Å². The first-order chi connectivity index (χ1) is 21.9. The van der Waals surface area contributed by atoms with Gasteiger partial charge < -0.3 is 0 Å². The standard InChI is InChI=1S/2C18H34O2S.2CH3.Sn/c2*1-2-3-4-5-6-7-8-9-10-11-12-13-14-15-16-21-17-18(19)20;;;/h2*7-8H,2-6,9-17H2,1H3,(H,19,20);2*1H3;/q;;;;+2/p-2/b2*8-7-;;;. The smallest absolute Gasteiger partial charge is 0.0885 e. The first-order valence-corrected chi connectivity index (χ1v) is 29.1. The molecule has 0 spiro atoms. The quantitative estimate of drug-likeness (QED) is 0.0369. The summed E-state index contributed by atoms with van der Waals surface area (Å²) in [5.74, 6) is 2.23. The van der Waals surface area contributed by atoms with Gasteiger partial charge in [0.25, 0.3) is 0 Å². The normalized spacial score (nSPS) is 12.0. The van der Waals surface area contributed by atoms with Crippen LogP contribution in [0.25, 0.3) is 0 Å². The van der Waals surface area contributed by atoms with E-state index in [1.165, 1.54) is 141 Å². The van der Waals surface area contributed by atoms with E-state index in [0.29, 0.717) is 11.5 Å². The van der Waals surface area contributed by atoms with E-state index >= 15 is 0 Å². The van der Waals surface area contributed by atoms with Crippen LogP contribution in [0.1, 0.15) is 168 Å². The van der Waals surface area contributed by atoms with Crippen LogP contribution in [0, 0.1) is 0 Å². The summed E-state index contributed by atoms with van der Waals surface area (Å²) in [6.45, 7) is 4.52. The second kappa shape index (κ2) is 35.2. The topological polar surface area (TPSA) is 52.6 Å². The van der Waals surface area contributed by atoms with Gasteiger partial charge >= 0.3 is 193 Å². The first-order valence-electron chi connectivity index (χ1n) is 18.8. The minimum absolute atomic E-state index is 0.224. The van der Waals surface area contributed by atoms with Crippen LogP contribution in [0.3, 0.4) is 0 Å². The number of thioether (sulfide) groups is 2. The first kappa shape index (κ1) is 44.9. The molecule has 0 unspecified atom stereocenters. The van der Waals surface area contributed by atoms with Gasteiger partial charge in [-0.2, -0.15) is 0 Å². The second-order valence-corrected chi connectivity index (χ2v) is 24.3. The fourth-order valence-corrected chi connectivity index (χ4v) is 10.9. The average Bonchev–Trinajstić information content (AvgIpc) is 3.00. The maximum absolute atomic E-state index is 12.3. The summed E-state index contributed by atoms with van der Waals surface area (Å²) in [6.07, 6.45) is 40.3. The molecule has 0 fully saturated rings. The molecule has 0 heterocycles. The predicted molar refractivity (Wildman–Crippen MR) is 205 cm³/mol. The molecule has 0 saturated carbocycles. The van der Waals surface area contributed by atoms with Gasteiger partial charge in [0.1, 0.15) is 0 Å². The number of hydrogen-bond donors (Lipinski definition) is 0. The molecular formula is C38H72O4S2Sn. The van der Waals surface area contributed by atoms with Crippen LogP contribution in [0.4, 0.5) is 0 Å². The van der Waals surface area contributed by atoms with E-state index in [-0.39, 0.29) is 11.9 Å². The molecule has 7 heteroatoms. The predicted octanol–water partition coefficient (Wildman–Crippen LogP) is 12.8. The molecule has 45 heavy (non-hydrogen) atoms. The number of allylic oxidation sites excluding steroid dienone is 4. The minimum atomic E-state index is -3.59. The minimum Gasteiger partial charge on any atom is -0.0885 e. The zero-order valence-corrected chi connectivity index (χ0v) is 34.5. The Kier molecular flexibility index (Phi) is 35.2. The molecule has 0 amide bonds. The van der Waals surface area contributed by atoms with Crippen LogP contribution in [0.15, 0.2) is 24.3 Å². The van der Waals surface area contributed by atoms with E-state index in [2.05, 4.69) is 38.2 Å². The summed E-state index contributed by atoms with van der Waals surface area (Å²) in [5.41, 5.74) is 0. The SMILES string of the molecule is CCCCCC/C=C\CCCCCCCCSCC(=O)[O][Sn]([CH3])([CH3])[O]C(=O)CSCCCCCCCC/C=C\CCCCCC. The Morgan fingerprint density at radius 1 is 0.467 bits per heavy atom. The number of hydrogen-bond acceptors (Lipinski definition) is 6. The molecule has 264 valence electrons. The summed E-state index contributed by atoms with van der Waals surface area (Å²) >= 11 is -0.307. The van der Waals surface area contributed by atoms with E-state index in [4.69, 9.17) is 6.15 Å². The third-order valence-corrected chi connectivity index (χ3v) is 13.9. The summed E-state index contributed by atoms with van der Waals surface area (Å²) in [4.78, 5) is 28.3. The molecule has 0 aliphatic carbocycles. The Hall–Kier alpha value is -0.0813. The molecule has 0 aromatic carbocycles. The molecular weight excluding hydrogens is 703 g/mol. The Bertz CT molecular complexity index is 669. The van der Waals surface area contributed by atoms with Crippen molar-refractivity contribution in [2.45, 2.75) is 178 Å². The van der Waals surface area contributed by atoms with Crippen LogP contribution in [-0.4, -0.2) is 54.2 Å². The van der Waals surface area contributed by atoms with Crippen molar-refractivity contribution in [2.24, 2.45) is 0 Å². The van der Waals surface area contributed by atoms with Gasteiger partial charge in [-0.1, -0.05) is 76.7 Å². The Morgan fingerprint density at radius 2 is 0.756 bits per heavy atom. The van der Waals surface area contributed by atoms with Gasteiger partial charge in [0.2, 0.25) is 0 Å². The van der Waals surface area contributed by atoms with E-state index in [9.17, 15) is 9.59 Å². The molecule has 0 aliphatic heterocycles. The maximum atomic E-state index is 12.3. The Balaban J connectivity index is 3.57. The molecule has 0 N–H and O–H groups in total. The van der Waals surface area contributed by atoms with Crippen LogP contribution < -0.4 is 0 Å². The third-order valence-electron chi connectivity index (χ3n) is 7.76. The van der Waals surface area contributed by atoms with Crippen molar-refractivity contribution in [3.05, 3.63) is 24.3 Å². The van der Waals surface area contributed by atoms with Crippen molar-refractivity contribution in [2.75, 3.05) is 23.0 Å². The number of carbonyl (C=O) groups excluding carboxylic acids is 2. The molecule has 0 bridgehead atoms. The summed E-state index contributed by atoms with van der Waals surface area (Å²) < 4.78 is 11.3. The van der Waals surface area contributed by atoms with Crippen molar-refractivity contribution in [3.63, 3.8) is 0 Å². The van der Waals surface area contributed by atoms with Crippen molar-refractivity contribution in [1.82, 2.24) is 0 Å². The monoisotopic (exact) mass is 776 g/mol. The zero-order valence-electron chi connectivity index (χ0n) is 30.1. The van der Waals surface area contributed by atoms with Crippen LogP contribution >= 0.6 is 23.5 Å². The fourth-order valence-electron chi connectivity index (χ4n) is 5.14.